The van der Waals surface area contributed by atoms with Crippen LogP contribution in [0.2, 0.25) is 0 Å². The summed E-state index contributed by atoms with van der Waals surface area (Å²) >= 11 is 0. The standard InChI is InChI=1S/C15H22N2O/c1-11-4-2-3-5-14(11)17-15(18)10-12-6-8-13(16)9-7-12/h2-5,12-13H,6-10,16H2,1H3,(H,17,18). The molecule has 1 aromatic carbocycles. The molecule has 1 fully saturated rings. The molecule has 0 aliphatic heterocycles. The number of amides is 1. The maximum Gasteiger partial charge on any atom is 0.224 e. The first-order valence-corrected chi connectivity index (χ1v) is 6.76. The van der Waals surface area contributed by atoms with E-state index in [2.05, 4.69) is 5.32 Å². The minimum absolute atomic E-state index is 0.129. The Morgan fingerprint density at radius 3 is 2.61 bits per heavy atom. The van der Waals surface area contributed by atoms with Gasteiger partial charge in [-0.1, -0.05) is 18.2 Å². The smallest absolute Gasteiger partial charge is 0.224 e. The minimum Gasteiger partial charge on any atom is -0.328 e. The summed E-state index contributed by atoms with van der Waals surface area (Å²) in [6.45, 7) is 2.01. The quantitative estimate of drug-likeness (QED) is 0.861. The Bertz CT molecular complexity index is 409. The van der Waals surface area contributed by atoms with Gasteiger partial charge in [-0.05, 0) is 50.2 Å². The Labute approximate surface area is 109 Å². The third kappa shape index (κ3) is 3.57. The Morgan fingerprint density at radius 1 is 1.28 bits per heavy atom. The number of benzene rings is 1. The lowest BCUT2D eigenvalue weighted by atomic mass is 9.84. The maximum absolute atomic E-state index is 12.0. The molecule has 3 heteroatoms. The maximum atomic E-state index is 12.0. The molecular formula is C15H22N2O. The first kappa shape index (κ1) is 13.1. The van der Waals surface area contributed by atoms with Gasteiger partial charge in [0.1, 0.15) is 0 Å². The van der Waals surface area contributed by atoms with Crippen LogP contribution < -0.4 is 11.1 Å². The van der Waals surface area contributed by atoms with Crippen molar-refractivity contribution in [2.75, 3.05) is 5.32 Å². The molecule has 1 amide bonds. The summed E-state index contributed by atoms with van der Waals surface area (Å²) in [4.78, 5) is 12.0. The van der Waals surface area contributed by atoms with E-state index in [1.165, 1.54) is 0 Å². The van der Waals surface area contributed by atoms with Crippen LogP contribution in [0.25, 0.3) is 0 Å². The van der Waals surface area contributed by atoms with Gasteiger partial charge in [0.05, 0.1) is 0 Å². The summed E-state index contributed by atoms with van der Waals surface area (Å²) in [7, 11) is 0. The molecule has 1 aliphatic rings. The third-order valence-corrected chi connectivity index (χ3v) is 3.78. The van der Waals surface area contributed by atoms with Crippen molar-refractivity contribution in [1.82, 2.24) is 0 Å². The molecule has 98 valence electrons. The van der Waals surface area contributed by atoms with Crippen molar-refractivity contribution in [3.8, 4) is 0 Å². The molecule has 0 atom stereocenters. The molecule has 0 aromatic heterocycles. The second kappa shape index (κ2) is 6.01. The Balaban J connectivity index is 1.84. The summed E-state index contributed by atoms with van der Waals surface area (Å²) in [6.07, 6.45) is 4.91. The van der Waals surface area contributed by atoms with Crippen LogP contribution in [0.5, 0.6) is 0 Å². The average Bonchev–Trinajstić information content (AvgIpc) is 2.35. The average molecular weight is 246 g/mol. The molecule has 1 aliphatic carbocycles. The number of rotatable bonds is 3. The number of para-hydroxylation sites is 1. The Hall–Kier alpha value is -1.35. The molecular weight excluding hydrogens is 224 g/mol. The van der Waals surface area contributed by atoms with Crippen LogP contribution in [-0.2, 0) is 4.79 Å². The highest BCUT2D eigenvalue weighted by Gasteiger charge is 2.21. The van der Waals surface area contributed by atoms with E-state index >= 15 is 0 Å². The number of hydrogen-bond donors (Lipinski definition) is 2. The van der Waals surface area contributed by atoms with Gasteiger partial charge in [-0.15, -0.1) is 0 Å². The van der Waals surface area contributed by atoms with E-state index in [1.54, 1.807) is 0 Å². The topological polar surface area (TPSA) is 55.1 Å². The predicted octanol–water partition coefficient (Wildman–Crippen LogP) is 2.84. The van der Waals surface area contributed by atoms with Crippen molar-refractivity contribution in [2.45, 2.75) is 45.1 Å². The van der Waals surface area contributed by atoms with E-state index in [0.29, 0.717) is 18.4 Å². The lowest BCUT2D eigenvalue weighted by molar-refractivity contribution is -0.117. The molecule has 0 unspecified atom stereocenters. The molecule has 0 heterocycles. The fourth-order valence-electron chi connectivity index (χ4n) is 2.57. The van der Waals surface area contributed by atoms with Gasteiger partial charge in [-0.2, -0.15) is 0 Å². The number of aryl methyl sites for hydroxylation is 1. The van der Waals surface area contributed by atoms with Gasteiger partial charge < -0.3 is 11.1 Å². The summed E-state index contributed by atoms with van der Waals surface area (Å²) in [6, 6.07) is 8.23. The molecule has 3 N–H and O–H groups in total. The van der Waals surface area contributed by atoms with Gasteiger partial charge in [0.2, 0.25) is 5.91 Å². The van der Waals surface area contributed by atoms with Crippen LogP contribution in [0.3, 0.4) is 0 Å². The second-order valence-corrected chi connectivity index (χ2v) is 5.35. The number of anilines is 1. The number of carbonyl (C=O) groups is 1. The molecule has 1 saturated carbocycles. The lowest BCUT2D eigenvalue weighted by Gasteiger charge is -2.25. The van der Waals surface area contributed by atoms with Crippen molar-refractivity contribution < 1.29 is 4.79 Å². The van der Waals surface area contributed by atoms with Crippen LogP contribution in [0.4, 0.5) is 5.69 Å². The highest BCUT2D eigenvalue weighted by atomic mass is 16.1. The first-order chi connectivity index (χ1) is 8.65. The molecule has 0 spiro atoms. The third-order valence-electron chi connectivity index (χ3n) is 3.78. The minimum atomic E-state index is 0.129. The zero-order chi connectivity index (χ0) is 13.0. The first-order valence-electron chi connectivity index (χ1n) is 6.76. The van der Waals surface area contributed by atoms with Crippen LogP contribution >= 0.6 is 0 Å². The molecule has 18 heavy (non-hydrogen) atoms. The SMILES string of the molecule is Cc1ccccc1NC(=O)CC1CCC(N)CC1. The van der Waals surface area contributed by atoms with Gasteiger partial charge in [0.25, 0.3) is 0 Å². The monoisotopic (exact) mass is 246 g/mol. The summed E-state index contributed by atoms with van der Waals surface area (Å²) in [5.41, 5.74) is 7.90. The van der Waals surface area contributed by atoms with Gasteiger partial charge in [-0.3, -0.25) is 4.79 Å². The Morgan fingerprint density at radius 2 is 1.94 bits per heavy atom. The van der Waals surface area contributed by atoms with Crippen molar-refractivity contribution in [3.63, 3.8) is 0 Å². The molecule has 1 aromatic rings. The number of hydrogen-bond acceptors (Lipinski definition) is 2. The normalized spacial score (nSPS) is 23.7. The highest BCUT2D eigenvalue weighted by Crippen LogP contribution is 2.26. The Kier molecular flexibility index (Phi) is 4.37. The summed E-state index contributed by atoms with van der Waals surface area (Å²) in [5.74, 6) is 0.638. The second-order valence-electron chi connectivity index (χ2n) is 5.35. The van der Waals surface area contributed by atoms with Crippen molar-refractivity contribution in [3.05, 3.63) is 29.8 Å². The summed E-state index contributed by atoms with van der Waals surface area (Å²) < 4.78 is 0. The largest absolute Gasteiger partial charge is 0.328 e. The van der Waals surface area contributed by atoms with E-state index in [0.717, 1.165) is 36.9 Å². The number of nitrogens with one attached hydrogen (secondary N) is 1. The molecule has 2 rings (SSSR count). The van der Waals surface area contributed by atoms with Crippen LogP contribution in [0.1, 0.15) is 37.7 Å². The van der Waals surface area contributed by atoms with Crippen LogP contribution in [0.15, 0.2) is 24.3 Å². The fourth-order valence-corrected chi connectivity index (χ4v) is 2.57. The van der Waals surface area contributed by atoms with Crippen LogP contribution in [-0.4, -0.2) is 11.9 Å². The number of carbonyl (C=O) groups excluding carboxylic acids is 1. The molecule has 0 saturated heterocycles. The van der Waals surface area contributed by atoms with Crippen molar-refractivity contribution in [2.24, 2.45) is 11.7 Å². The van der Waals surface area contributed by atoms with Gasteiger partial charge in [0.15, 0.2) is 0 Å². The number of nitrogens with two attached hydrogens (primary N) is 1. The van der Waals surface area contributed by atoms with E-state index in [9.17, 15) is 4.79 Å². The van der Waals surface area contributed by atoms with Gasteiger partial charge >= 0.3 is 0 Å². The predicted molar refractivity (Wildman–Crippen MR) is 74.4 cm³/mol. The van der Waals surface area contributed by atoms with Gasteiger partial charge in [0, 0.05) is 18.2 Å². The molecule has 3 nitrogen and oxygen atoms in total. The van der Waals surface area contributed by atoms with E-state index in [1.807, 2.05) is 31.2 Å². The lowest BCUT2D eigenvalue weighted by Crippen LogP contribution is -2.28. The van der Waals surface area contributed by atoms with Crippen LogP contribution in [0, 0.1) is 12.8 Å². The van der Waals surface area contributed by atoms with Crippen molar-refractivity contribution in [1.29, 1.82) is 0 Å². The zero-order valence-corrected chi connectivity index (χ0v) is 11.0. The molecule has 0 bridgehead atoms. The fraction of sp³-hybridized carbons (Fsp3) is 0.533. The van der Waals surface area contributed by atoms with Gasteiger partial charge in [-0.25, -0.2) is 0 Å². The van der Waals surface area contributed by atoms with Crippen molar-refractivity contribution >= 4 is 11.6 Å². The van der Waals surface area contributed by atoms with E-state index in [-0.39, 0.29) is 5.91 Å². The zero-order valence-electron chi connectivity index (χ0n) is 11.0. The van der Waals surface area contributed by atoms with E-state index < -0.39 is 0 Å². The highest BCUT2D eigenvalue weighted by molar-refractivity contribution is 5.91. The summed E-state index contributed by atoms with van der Waals surface area (Å²) in [5, 5.41) is 3.00. The molecule has 0 radical (unpaired) electrons. The van der Waals surface area contributed by atoms with E-state index in [4.69, 9.17) is 5.73 Å².